The van der Waals surface area contributed by atoms with Gasteiger partial charge in [-0.25, -0.2) is 0 Å². The van der Waals surface area contributed by atoms with Crippen molar-refractivity contribution in [2.75, 3.05) is 6.26 Å². The lowest BCUT2D eigenvalue weighted by Gasteiger charge is -2.08. The smallest absolute Gasteiger partial charge is 0.305 e. The highest BCUT2D eigenvalue weighted by atomic mass is 32.2. The average Bonchev–Trinajstić information content (AvgIpc) is 3.20. The zero-order valence-electron chi connectivity index (χ0n) is 14.6. The van der Waals surface area contributed by atoms with Gasteiger partial charge in [-0.05, 0) is 42.7 Å². The monoisotopic (exact) mass is 382 g/mol. The van der Waals surface area contributed by atoms with E-state index in [0.717, 1.165) is 4.90 Å². The molecule has 0 radical (unpaired) electrons. The van der Waals surface area contributed by atoms with E-state index in [2.05, 4.69) is 10.9 Å². The predicted octanol–water partition coefficient (Wildman–Crippen LogP) is 3.66. The third-order valence-corrected chi connectivity index (χ3v) is 4.45. The van der Waals surface area contributed by atoms with E-state index in [1.165, 1.54) is 17.8 Å². The molecule has 1 heterocycles. The SMILES string of the molecule is CSc1ccccc1C(=O)NNC(=O)c1ccc(COc2ccccc2)o1. The molecule has 0 atom stereocenters. The van der Waals surface area contributed by atoms with Gasteiger partial charge in [0.15, 0.2) is 5.76 Å². The molecular weight excluding hydrogens is 364 g/mol. The molecule has 27 heavy (non-hydrogen) atoms. The first-order valence-corrected chi connectivity index (χ1v) is 9.40. The van der Waals surface area contributed by atoms with E-state index < -0.39 is 11.8 Å². The highest BCUT2D eigenvalue weighted by Crippen LogP contribution is 2.19. The highest BCUT2D eigenvalue weighted by Gasteiger charge is 2.15. The van der Waals surface area contributed by atoms with E-state index in [1.54, 1.807) is 18.2 Å². The molecule has 0 saturated carbocycles. The molecule has 2 aromatic carbocycles. The number of carbonyl (C=O) groups is 2. The molecule has 3 aromatic rings. The van der Waals surface area contributed by atoms with Crippen molar-refractivity contribution < 1.29 is 18.7 Å². The van der Waals surface area contributed by atoms with Gasteiger partial charge in [-0.15, -0.1) is 11.8 Å². The van der Waals surface area contributed by atoms with Crippen LogP contribution in [0.2, 0.25) is 0 Å². The molecule has 0 aliphatic rings. The van der Waals surface area contributed by atoms with E-state index in [4.69, 9.17) is 9.15 Å². The number of hydrogen-bond donors (Lipinski definition) is 2. The van der Waals surface area contributed by atoms with E-state index in [0.29, 0.717) is 17.1 Å². The molecule has 0 bridgehead atoms. The molecule has 2 N–H and O–H groups in total. The topological polar surface area (TPSA) is 80.6 Å². The first-order chi connectivity index (χ1) is 13.2. The Hall–Kier alpha value is -3.19. The van der Waals surface area contributed by atoms with Crippen molar-refractivity contribution in [1.82, 2.24) is 10.9 Å². The van der Waals surface area contributed by atoms with Gasteiger partial charge in [0.05, 0.1) is 5.56 Å². The Bertz CT molecular complexity index is 924. The number of furan rings is 1. The van der Waals surface area contributed by atoms with Gasteiger partial charge in [-0.2, -0.15) is 0 Å². The summed E-state index contributed by atoms with van der Waals surface area (Å²) in [6.45, 7) is 0.199. The molecule has 0 saturated heterocycles. The minimum atomic E-state index is -0.545. The molecule has 0 spiro atoms. The van der Waals surface area contributed by atoms with Crippen LogP contribution in [-0.4, -0.2) is 18.1 Å². The number of hydrazine groups is 1. The average molecular weight is 382 g/mol. The molecule has 0 aliphatic heterocycles. The third kappa shape index (κ3) is 4.92. The van der Waals surface area contributed by atoms with E-state index in [9.17, 15) is 9.59 Å². The maximum Gasteiger partial charge on any atom is 0.305 e. The minimum absolute atomic E-state index is 0.0834. The van der Waals surface area contributed by atoms with Gasteiger partial charge in [0.25, 0.3) is 5.91 Å². The van der Waals surface area contributed by atoms with Crippen LogP contribution in [0.15, 0.2) is 76.0 Å². The fraction of sp³-hybridized carbons (Fsp3) is 0.100. The summed E-state index contributed by atoms with van der Waals surface area (Å²) in [4.78, 5) is 25.2. The number of nitrogens with one attached hydrogen (secondary N) is 2. The van der Waals surface area contributed by atoms with Crippen molar-refractivity contribution in [3.05, 3.63) is 83.8 Å². The first kappa shape index (κ1) is 18.6. The molecule has 138 valence electrons. The first-order valence-electron chi connectivity index (χ1n) is 8.17. The Morgan fingerprint density at radius 2 is 1.63 bits per heavy atom. The zero-order chi connectivity index (χ0) is 19.1. The number of ether oxygens (including phenoxy) is 1. The van der Waals surface area contributed by atoms with Crippen LogP contribution in [0.25, 0.3) is 0 Å². The van der Waals surface area contributed by atoms with Crippen LogP contribution >= 0.6 is 11.8 Å². The van der Waals surface area contributed by atoms with Crippen LogP contribution in [0.3, 0.4) is 0 Å². The summed E-state index contributed by atoms with van der Waals surface area (Å²) in [7, 11) is 0. The van der Waals surface area contributed by atoms with Crippen LogP contribution in [0, 0.1) is 0 Å². The lowest BCUT2D eigenvalue weighted by molar-refractivity contribution is 0.0827. The molecular formula is C20H18N2O4S. The second-order valence-electron chi connectivity index (χ2n) is 5.48. The van der Waals surface area contributed by atoms with Gasteiger partial charge >= 0.3 is 5.91 Å². The van der Waals surface area contributed by atoms with Crippen molar-refractivity contribution in [3.63, 3.8) is 0 Å². The van der Waals surface area contributed by atoms with Crippen LogP contribution in [0.5, 0.6) is 5.75 Å². The highest BCUT2D eigenvalue weighted by molar-refractivity contribution is 7.98. The molecule has 0 unspecified atom stereocenters. The van der Waals surface area contributed by atoms with Crippen LogP contribution in [0.1, 0.15) is 26.7 Å². The number of rotatable bonds is 6. The molecule has 3 rings (SSSR count). The molecule has 0 aliphatic carbocycles. The van der Waals surface area contributed by atoms with Crippen LogP contribution < -0.4 is 15.6 Å². The predicted molar refractivity (Wildman–Crippen MR) is 103 cm³/mol. The summed E-state index contributed by atoms with van der Waals surface area (Å²) >= 11 is 1.46. The molecule has 0 fully saturated rings. The van der Waals surface area contributed by atoms with Crippen molar-refractivity contribution in [1.29, 1.82) is 0 Å². The Labute approximate surface area is 160 Å². The third-order valence-electron chi connectivity index (χ3n) is 3.65. The summed E-state index contributed by atoms with van der Waals surface area (Å²) in [5.41, 5.74) is 5.24. The van der Waals surface area contributed by atoms with Crippen molar-refractivity contribution >= 4 is 23.6 Å². The number of amides is 2. The largest absolute Gasteiger partial charge is 0.486 e. The zero-order valence-corrected chi connectivity index (χ0v) is 15.4. The summed E-state index contributed by atoms with van der Waals surface area (Å²) in [6.07, 6.45) is 1.88. The Kier molecular flexibility index (Phi) is 6.17. The van der Waals surface area contributed by atoms with Gasteiger partial charge in [-0.1, -0.05) is 30.3 Å². The van der Waals surface area contributed by atoms with Crippen LogP contribution in [-0.2, 0) is 6.61 Å². The molecule has 2 amide bonds. The fourth-order valence-electron chi connectivity index (χ4n) is 2.32. The van der Waals surface area contributed by atoms with Gasteiger partial charge in [0.1, 0.15) is 18.1 Å². The Morgan fingerprint density at radius 3 is 2.41 bits per heavy atom. The van der Waals surface area contributed by atoms with Crippen molar-refractivity contribution in [2.45, 2.75) is 11.5 Å². The second-order valence-corrected chi connectivity index (χ2v) is 6.32. The maximum atomic E-state index is 12.2. The maximum absolute atomic E-state index is 12.2. The Morgan fingerprint density at radius 1 is 0.926 bits per heavy atom. The second kappa shape index (κ2) is 8.95. The van der Waals surface area contributed by atoms with Gasteiger partial charge in [0.2, 0.25) is 0 Å². The van der Waals surface area contributed by atoms with Crippen molar-refractivity contribution in [2.24, 2.45) is 0 Å². The lowest BCUT2D eigenvalue weighted by Crippen LogP contribution is -2.41. The summed E-state index contributed by atoms with van der Waals surface area (Å²) in [5.74, 6) is 0.353. The molecule has 7 heteroatoms. The molecule has 6 nitrogen and oxygen atoms in total. The van der Waals surface area contributed by atoms with Gasteiger partial charge in [0, 0.05) is 4.90 Å². The number of benzene rings is 2. The summed E-state index contributed by atoms with van der Waals surface area (Å²) in [5, 5.41) is 0. The van der Waals surface area contributed by atoms with E-state index in [1.807, 2.05) is 48.7 Å². The van der Waals surface area contributed by atoms with E-state index >= 15 is 0 Å². The number of thioether (sulfide) groups is 1. The quantitative estimate of drug-likeness (QED) is 0.502. The Balaban J connectivity index is 1.54. The normalized spacial score (nSPS) is 10.3. The van der Waals surface area contributed by atoms with E-state index in [-0.39, 0.29) is 12.4 Å². The van der Waals surface area contributed by atoms with Gasteiger partial charge in [-0.3, -0.25) is 20.4 Å². The minimum Gasteiger partial charge on any atom is -0.486 e. The summed E-state index contributed by atoms with van der Waals surface area (Å²) in [6, 6.07) is 19.6. The molecule has 1 aromatic heterocycles. The van der Waals surface area contributed by atoms with Crippen LogP contribution in [0.4, 0.5) is 0 Å². The van der Waals surface area contributed by atoms with Gasteiger partial charge < -0.3 is 9.15 Å². The number of para-hydroxylation sites is 1. The fourth-order valence-corrected chi connectivity index (χ4v) is 2.92. The standard InChI is InChI=1S/C20H18N2O4S/c1-27-18-10-6-5-9-16(18)19(23)21-22-20(24)17-12-11-15(26-17)13-25-14-7-3-2-4-8-14/h2-12H,13H2,1H3,(H,21,23)(H,22,24). The summed E-state index contributed by atoms with van der Waals surface area (Å²) < 4.78 is 11.0. The van der Waals surface area contributed by atoms with Crippen molar-refractivity contribution in [3.8, 4) is 5.75 Å². The number of carbonyl (C=O) groups excluding carboxylic acids is 2. The lowest BCUT2D eigenvalue weighted by atomic mass is 10.2. The number of hydrogen-bond acceptors (Lipinski definition) is 5.